The summed E-state index contributed by atoms with van der Waals surface area (Å²) in [4.78, 5) is 35.5. The summed E-state index contributed by atoms with van der Waals surface area (Å²) in [6.45, 7) is 4.80. The number of rotatable bonds is 7. The fourth-order valence-corrected chi connectivity index (χ4v) is 3.52. The lowest BCUT2D eigenvalue weighted by atomic mass is 10.0. The maximum Gasteiger partial charge on any atom is 0.249 e. The monoisotopic (exact) mass is 435 g/mol. The molecule has 1 unspecified atom stereocenters. The Labute approximate surface area is 185 Å². The van der Waals surface area contributed by atoms with Crippen molar-refractivity contribution in [2.45, 2.75) is 32.7 Å². The van der Waals surface area contributed by atoms with Crippen LogP contribution in [-0.4, -0.2) is 40.1 Å². The molecular formula is C23H25N5O4. The summed E-state index contributed by atoms with van der Waals surface area (Å²) in [6, 6.07) is 10.6. The second-order valence-electron chi connectivity index (χ2n) is 7.85. The maximum atomic E-state index is 12.8. The van der Waals surface area contributed by atoms with E-state index in [1.165, 1.54) is 0 Å². The molecule has 3 aromatic rings. The van der Waals surface area contributed by atoms with Crippen molar-refractivity contribution < 1.29 is 18.8 Å². The van der Waals surface area contributed by atoms with E-state index in [-0.39, 0.29) is 30.6 Å². The molecule has 0 saturated carbocycles. The van der Waals surface area contributed by atoms with E-state index in [0.29, 0.717) is 30.6 Å². The fourth-order valence-electron chi connectivity index (χ4n) is 3.52. The zero-order valence-electron chi connectivity index (χ0n) is 18.0. The molecule has 3 heterocycles. The smallest absolute Gasteiger partial charge is 0.249 e. The molecule has 0 spiro atoms. The Morgan fingerprint density at radius 3 is 2.78 bits per heavy atom. The first-order chi connectivity index (χ1) is 15.5. The van der Waals surface area contributed by atoms with Crippen LogP contribution in [0, 0.1) is 5.92 Å². The predicted molar refractivity (Wildman–Crippen MR) is 117 cm³/mol. The Hall–Kier alpha value is -3.75. The Kier molecular flexibility index (Phi) is 6.44. The number of para-hydroxylation sites is 2. The van der Waals surface area contributed by atoms with Gasteiger partial charge in [0.05, 0.1) is 12.2 Å². The molecular weight excluding hydrogens is 410 g/mol. The fraction of sp³-hybridized carbons (Fsp3) is 0.348. The molecule has 2 aromatic heterocycles. The van der Waals surface area contributed by atoms with Gasteiger partial charge in [-0.15, -0.1) is 0 Å². The van der Waals surface area contributed by atoms with Crippen LogP contribution in [0.3, 0.4) is 0 Å². The first kappa shape index (κ1) is 21.5. The average Bonchev–Trinajstić information content (AvgIpc) is 3.31. The average molecular weight is 435 g/mol. The minimum atomic E-state index is -0.459. The van der Waals surface area contributed by atoms with Crippen LogP contribution >= 0.6 is 0 Å². The highest BCUT2D eigenvalue weighted by Crippen LogP contribution is 2.31. The third-order valence-corrected chi connectivity index (χ3v) is 5.21. The maximum absolute atomic E-state index is 12.8. The van der Waals surface area contributed by atoms with Gasteiger partial charge >= 0.3 is 0 Å². The van der Waals surface area contributed by atoms with E-state index < -0.39 is 6.04 Å². The van der Waals surface area contributed by atoms with Gasteiger partial charge in [-0.2, -0.15) is 4.98 Å². The molecule has 1 aromatic carbocycles. The van der Waals surface area contributed by atoms with Crippen molar-refractivity contribution in [3.05, 3.63) is 54.7 Å². The van der Waals surface area contributed by atoms with Gasteiger partial charge in [-0.05, 0) is 30.2 Å². The number of carbonyl (C=O) groups is 2. The number of ether oxygens (including phenoxy) is 1. The topological polar surface area (TPSA) is 110 Å². The third-order valence-electron chi connectivity index (χ3n) is 5.21. The van der Waals surface area contributed by atoms with Gasteiger partial charge in [-0.25, -0.2) is 0 Å². The minimum absolute atomic E-state index is 0.0166. The highest BCUT2D eigenvalue weighted by atomic mass is 16.5. The number of amides is 2. The second-order valence-corrected chi connectivity index (χ2v) is 7.85. The van der Waals surface area contributed by atoms with E-state index in [2.05, 4.69) is 20.4 Å². The molecule has 2 amide bonds. The van der Waals surface area contributed by atoms with Gasteiger partial charge in [-0.1, -0.05) is 31.1 Å². The minimum Gasteiger partial charge on any atom is -0.490 e. The number of aromatic nitrogens is 3. The molecule has 9 nitrogen and oxygen atoms in total. The van der Waals surface area contributed by atoms with Crippen molar-refractivity contribution in [2.24, 2.45) is 5.92 Å². The van der Waals surface area contributed by atoms with Gasteiger partial charge in [0.2, 0.25) is 23.5 Å². The molecule has 1 N–H and O–H groups in total. The zero-order chi connectivity index (χ0) is 22.5. The van der Waals surface area contributed by atoms with E-state index in [1.807, 2.05) is 44.2 Å². The summed E-state index contributed by atoms with van der Waals surface area (Å²) in [6.07, 6.45) is 3.46. The summed E-state index contributed by atoms with van der Waals surface area (Å²) < 4.78 is 11.0. The lowest BCUT2D eigenvalue weighted by Gasteiger charge is -2.29. The van der Waals surface area contributed by atoms with Crippen LogP contribution in [0.15, 0.2) is 53.3 Å². The number of carbonyl (C=O) groups excluding carboxylic acids is 2. The predicted octanol–water partition coefficient (Wildman–Crippen LogP) is 3.15. The van der Waals surface area contributed by atoms with Crippen LogP contribution in [-0.2, 0) is 9.59 Å². The number of pyridine rings is 1. The van der Waals surface area contributed by atoms with Gasteiger partial charge < -0.3 is 19.5 Å². The lowest BCUT2D eigenvalue weighted by Crippen LogP contribution is -2.39. The van der Waals surface area contributed by atoms with Crippen molar-refractivity contribution in [3.8, 4) is 17.1 Å². The molecule has 1 atom stereocenters. The van der Waals surface area contributed by atoms with Crippen LogP contribution in [0.1, 0.15) is 38.6 Å². The zero-order valence-corrected chi connectivity index (χ0v) is 18.0. The summed E-state index contributed by atoms with van der Waals surface area (Å²) in [5.74, 6) is 1.06. The number of fused-ring (bicyclic) bond motifs is 1. The molecule has 0 aliphatic carbocycles. The van der Waals surface area contributed by atoms with Gasteiger partial charge in [0, 0.05) is 30.8 Å². The summed E-state index contributed by atoms with van der Waals surface area (Å²) in [5.41, 5.74) is 1.46. The SMILES string of the molecule is CC(C)C(NC(=O)CCC(=O)N1CCOc2ccccc21)c1nc(-c2cccnc2)no1. The molecule has 0 radical (unpaired) electrons. The number of hydrogen-bond donors (Lipinski definition) is 1. The Morgan fingerprint density at radius 2 is 2.00 bits per heavy atom. The van der Waals surface area contributed by atoms with E-state index in [9.17, 15) is 9.59 Å². The molecule has 0 bridgehead atoms. The van der Waals surface area contributed by atoms with Crippen LogP contribution in [0.2, 0.25) is 0 Å². The number of benzene rings is 1. The Balaban J connectivity index is 1.37. The molecule has 166 valence electrons. The van der Waals surface area contributed by atoms with Gasteiger partial charge in [-0.3, -0.25) is 14.6 Å². The number of anilines is 1. The highest BCUT2D eigenvalue weighted by Gasteiger charge is 2.27. The van der Waals surface area contributed by atoms with Crippen molar-refractivity contribution in [1.82, 2.24) is 20.4 Å². The molecule has 1 aliphatic heterocycles. The second kappa shape index (κ2) is 9.59. The first-order valence-electron chi connectivity index (χ1n) is 10.6. The van der Waals surface area contributed by atoms with Gasteiger partial charge in [0.1, 0.15) is 18.4 Å². The molecule has 0 fully saturated rings. The molecule has 1 aliphatic rings. The summed E-state index contributed by atoms with van der Waals surface area (Å²) in [5, 5.41) is 6.93. The molecule has 4 rings (SSSR count). The third kappa shape index (κ3) is 4.77. The highest BCUT2D eigenvalue weighted by molar-refractivity contribution is 5.97. The molecule has 0 saturated heterocycles. The van der Waals surface area contributed by atoms with Crippen molar-refractivity contribution in [1.29, 1.82) is 0 Å². The number of nitrogens with one attached hydrogen (secondary N) is 1. The Bertz CT molecular complexity index is 1080. The van der Waals surface area contributed by atoms with E-state index in [0.717, 1.165) is 11.3 Å². The normalized spacial score (nSPS) is 13.9. The molecule has 9 heteroatoms. The Morgan fingerprint density at radius 1 is 1.16 bits per heavy atom. The van der Waals surface area contributed by atoms with Crippen LogP contribution in [0.25, 0.3) is 11.4 Å². The van der Waals surface area contributed by atoms with Crippen molar-refractivity contribution in [3.63, 3.8) is 0 Å². The van der Waals surface area contributed by atoms with Crippen LogP contribution in [0.4, 0.5) is 5.69 Å². The van der Waals surface area contributed by atoms with Crippen molar-refractivity contribution in [2.75, 3.05) is 18.1 Å². The lowest BCUT2D eigenvalue weighted by molar-refractivity contribution is -0.126. The number of nitrogens with zero attached hydrogens (tertiary/aromatic N) is 4. The van der Waals surface area contributed by atoms with E-state index in [1.54, 1.807) is 23.4 Å². The largest absolute Gasteiger partial charge is 0.490 e. The van der Waals surface area contributed by atoms with Crippen molar-refractivity contribution >= 4 is 17.5 Å². The quantitative estimate of drug-likeness (QED) is 0.607. The standard InChI is InChI=1S/C23H25N5O4/c1-15(2)21(23-26-22(27-32-23)16-6-5-11-24-14-16)25-19(29)9-10-20(30)28-12-13-31-18-8-4-3-7-17(18)28/h3-8,11,14-15,21H,9-10,12-13H2,1-2H3,(H,25,29). The van der Waals surface area contributed by atoms with E-state index in [4.69, 9.17) is 9.26 Å². The van der Waals surface area contributed by atoms with Crippen LogP contribution < -0.4 is 15.0 Å². The number of hydrogen-bond acceptors (Lipinski definition) is 7. The molecule has 32 heavy (non-hydrogen) atoms. The van der Waals surface area contributed by atoms with E-state index >= 15 is 0 Å². The summed E-state index contributed by atoms with van der Waals surface area (Å²) >= 11 is 0. The van der Waals surface area contributed by atoms with Gasteiger partial charge in [0.25, 0.3) is 0 Å². The van der Waals surface area contributed by atoms with Crippen LogP contribution in [0.5, 0.6) is 5.75 Å². The summed E-state index contributed by atoms with van der Waals surface area (Å²) in [7, 11) is 0. The van der Waals surface area contributed by atoms with Gasteiger partial charge in [0.15, 0.2) is 0 Å². The first-order valence-corrected chi connectivity index (χ1v) is 10.6.